The summed E-state index contributed by atoms with van der Waals surface area (Å²) >= 11 is 0. The molecule has 0 spiro atoms. The van der Waals surface area contributed by atoms with Gasteiger partial charge in [0.25, 0.3) is 0 Å². The van der Waals surface area contributed by atoms with Gasteiger partial charge in [-0.1, -0.05) is 30.3 Å². The SMILES string of the molecule is N#Cc1cccnc1N1C[C@@H]2OCCN(Cc3ccccc3)[C@@H]2C1. The third-order valence-corrected chi connectivity index (χ3v) is 4.85. The Kier molecular flexibility index (Phi) is 4.16. The smallest absolute Gasteiger partial charge is 0.146 e. The first kappa shape index (κ1) is 15.1. The second kappa shape index (κ2) is 6.60. The zero-order valence-corrected chi connectivity index (χ0v) is 13.5. The van der Waals surface area contributed by atoms with Crippen molar-refractivity contribution in [2.75, 3.05) is 31.1 Å². The Morgan fingerprint density at radius 1 is 1.17 bits per heavy atom. The number of pyridine rings is 1. The molecule has 0 unspecified atom stereocenters. The summed E-state index contributed by atoms with van der Waals surface area (Å²) in [6.07, 6.45) is 1.93. The van der Waals surface area contributed by atoms with E-state index in [0.717, 1.165) is 38.6 Å². The van der Waals surface area contributed by atoms with Crippen LogP contribution in [0.2, 0.25) is 0 Å². The minimum Gasteiger partial charge on any atom is -0.373 e. The van der Waals surface area contributed by atoms with Gasteiger partial charge in [0.2, 0.25) is 0 Å². The van der Waals surface area contributed by atoms with E-state index in [1.165, 1.54) is 5.56 Å². The molecule has 2 aliphatic rings. The molecular weight excluding hydrogens is 300 g/mol. The van der Waals surface area contributed by atoms with Crippen molar-refractivity contribution < 1.29 is 4.74 Å². The summed E-state index contributed by atoms with van der Waals surface area (Å²) in [4.78, 5) is 9.12. The first-order valence-corrected chi connectivity index (χ1v) is 8.35. The van der Waals surface area contributed by atoms with Gasteiger partial charge >= 0.3 is 0 Å². The molecule has 1 aromatic carbocycles. The van der Waals surface area contributed by atoms with Gasteiger partial charge in [0.05, 0.1) is 24.3 Å². The standard InChI is InChI=1S/C19H20N4O/c20-11-16-7-4-8-21-19(16)23-13-17-18(14-23)24-10-9-22(17)12-15-5-2-1-3-6-15/h1-8,17-18H,9-10,12-14H2/t17-,18+/m1/s1. The molecule has 0 aliphatic carbocycles. The van der Waals surface area contributed by atoms with Gasteiger partial charge in [-0.15, -0.1) is 0 Å². The van der Waals surface area contributed by atoms with E-state index in [9.17, 15) is 5.26 Å². The van der Waals surface area contributed by atoms with Crippen LogP contribution in [0.5, 0.6) is 0 Å². The largest absolute Gasteiger partial charge is 0.373 e. The fraction of sp³-hybridized carbons (Fsp3) is 0.368. The topological polar surface area (TPSA) is 52.4 Å². The van der Waals surface area contributed by atoms with Crippen LogP contribution in [0.4, 0.5) is 5.82 Å². The van der Waals surface area contributed by atoms with Gasteiger partial charge in [0, 0.05) is 32.4 Å². The Morgan fingerprint density at radius 2 is 2.04 bits per heavy atom. The average molecular weight is 320 g/mol. The number of fused-ring (bicyclic) bond motifs is 1. The van der Waals surface area contributed by atoms with Gasteiger partial charge in [-0.2, -0.15) is 5.26 Å². The van der Waals surface area contributed by atoms with Crippen molar-refractivity contribution in [2.45, 2.75) is 18.7 Å². The molecule has 0 amide bonds. The van der Waals surface area contributed by atoms with Gasteiger partial charge in [-0.25, -0.2) is 4.98 Å². The molecule has 0 bridgehead atoms. The highest BCUT2D eigenvalue weighted by molar-refractivity contribution is 5.54. The van der Waals surface area contributed by atoms with E-state index in [1.54, 1.807) is 6.20 Å². The number of benzene rings is 1. The second-order valence-electron chi connectivity index (χ2n) is 6.32. The molecule has 2 atom stereocenters. The van der Waals surface area contributed by atoms with Crippen molar-refractivity contribution >= 4 is 5.82 Å². The Morgan fingerprint density at radius 3 is 2.88 bits per heavy atom. The molecule has 2 aromatic rings. The number of anilines is 1. The minimum absolute atomic E-state index is 0.177. The summed E-state index contributed by atoms with van der Waals surface area (Å²) in [6.45, 7) is 4.28. The number of morpholine rings is 1. The van der Waals surface area contributed by atoms with Crippen LogP contribution < -0.4 is 4.90 Å². The Hall–Kier alpha value is -2.42. The zero-order valence-electron chi connectivity index (χ0n) is 13.5. The third-order valence-electron chi connectivity index (χ3n) is 4.85. The third kappa shape index (κ3) is 2.86. The molecule has 2 fully saturated rings. The van der Waals surface area contributed by atoms with Crippen LogP contribution in [-0.2, 0) is 11.3 Å². The molecule has 0 radical (unpaired) electrons. The van der Waals surface area contributed by atoms with Gasteiger partial charge in [0.15, 0.2) is 0 Å². The first-order valence-electron chi connectivity index (χ1n) is 8.35. The van der Waals surface area contributed by atoms with Crippen molar-refractivity contribution in [2.24, 2.45) is 0 Å². The fourth-order valence-electron chi connectivity index (χ4n) is 3.68. The molecule has 2 saturated heterocycles. The summed E-state index contributed by atoms with van der Waals surface area (Å²) in [6, 6.07) is 16.8. The summed E-state index contributed by atoms with van der Waals surface area (Å²) in [5.74, 6) is 0.776. The lowest BCUT2D eigenvalue weighted by molar-refractivity contribution is -0.0499. The van der Waals surface area contributed by atoms with E-state index in [0.29, 0.717) is 11.6 Å². The summed E-state index contributed by atoms with van der Waals surface area (Å²) in [7, 11) is 0. The zero-order chi connectivity index (χ0) is 16.4. The van der Waals surface area contributed by atoms with Crippen LogP contribution in [0.15, 0.2) is 48.7 Å². The minimum atomic E-state index is 0.177. The number of hydrogen-bond acceptors (Lipinski definition) is 5. The lowest BCUT2D eigenvalue weighted by Gasteiger charge is -2.36. The van der Waals surface area contributed by atoms with Crippen LogP contribution >= 0.6 is 0 Å². The maximum absolute atomic E-state index is 9.33. The highest BCUT2D eigenvalue weighted by Gasteiger charge is 2.40. The van der Waals surface area contributed by atoms with E-state index >= 15 is 0 Å². The number of hydrogen-bond donors (Lipinski definition) is 0. The number of nitrogens with zero attached hydrogens (tertiary/aromatic N) is 4. The normalized spacial score (nSPS) is 23.7. The van der Waals surface area contributed by atoms with Crippen LogP contribution in [0, 0.1) is 11.3 Å². The van der Waals surface area contributed by atoms with Gasteiger partial charge in [0.1, 0.15) is 11.9 Å². The van der Waals surface area contributed by atoms with E-state index in [4.69, 9.17) is 4.74 Å². The van der Waals surface area contributed by atoms with E-state index in [2.05, 4.69) is 45.1 Å². The quantitative estimate of drug-likeness (QED) is 0.866. The summed E-state index contributed by atoms with van der Waals surface area (Å²) < 4.78 is 6.00. The maximum atomic E-state index is 9.33. The van der Waals surface area contributed by atoms with Crippen LogP contribution in [0.1, 0.15) is 11.1 Å². The highest BCUT2D eigenvalue weighted by Crippen LogP contribution is 2.28. The fourth-order valence-corrected chi connectivity index (χ4v) is 3.68. The lowest BCUT2D eigenvalue weighted by atomic mass is 10.1. The monoisotopic (exact) mass is 320 g/mol. The van der Waals surface area contributed by atoms with Gasteiger partial charge < -0.3 is 9.64 Å². The maximum Gasteiger partial charge on any atom is 0.146 e. The molecule has 2 aliphatic heterocycles. The number of aromatic nitrogens is 1. The van der Waals surface area contributed by atoms with Crippen molar-refractivity contribution in [3.63, 3.8) is 0 Å². The van der Waals surface area contributed by atoms with Crippen molar-refractivity contribution in [1.29, 1.82) is 5.26 Å². The molecule has 0 N–H and O–H groups in total. The Balaban J connectivity index is 1.53. The molecule has 122 valence electrons. The average Bonchev–Trinajstić information content (AvgIpc) is 3.08. The predicted octanol–water partition coefficient (Wildman–Crippen LogP) is 2.04. The number of rotatable bonds is 3. The van der Waals surface area contributed by atoms with E-state index in [1.807, 2.05) is 18.2 Å². The molecular formula is C19H20N4O. The lowest BCUT2D eigenvalue weighted by Crippen LogP contribution is -2.50. The Labute approximate surface area is 142 Å². The molecule has 24 heavy (non-hydrogen) atoms. The summed E-state index contributed by atoms with van der Waals surface area (Å²) in [5, 5.41) is 9.33. The molecule has 5 heteroatoms. The predicted molar refractivity (Wildman–Crippen MR) is 91.5 cm³/mol. The number of nitriles is 1. The van der Waals surface area contributed by atoms with Crippen molar-refractivity contribution in [3.8, 4) is 6.07 Å². The van der Waals surface area contributed by atoms with E-state index in [-0.39, 0.29) is 6.10 Å². The van der Waals surface area contributed by atoms with Crippen LogP contribution in [0.3, 0.4) is 0 Å². The van der Waals surface area contributed by atoms with Gasteiger partial charge in [-0.05, 0) is 17.7 Å². The molecule has 3 heterocycles. The summed E-state index contributed by atoms with van der Waals surface area (Å²) in [5.41, 5.74) is 1.96. The van der Waals surface area contributed by atoms with Crippen molar-refractivity contribution in [1.82, 2.24) is 9.88 Å². The molecule has 0 saturated carbocycles. The van der Waals surface area contributed by atoms with E-state index < -0.39 is 0 Å². The Bertz CT molecular complexity index is 743. The molecule has 4 rings (SSSR count). The van der Waals surface area contributed by atoms with Crippen LogP contribution in [-0.4, -0.2) is 48.3 Å². The molecule has 5 nitrogen and oxygen atoms in total. The van der Waals surface area contributed by atoms with Crippen LogP contribution in [0.25, 0.3) is 0 Å². The highest BCUT2D eigenvalue weighted by atomic mass is 16.5. The van der Waals surface area contributed by atoms with Gasteiger partial charge in [-0.3, -0.25) is 4.90 Å². The number of ether oxygens (including phenoxy) is 1. The molecule has 1 aromatic heterocycles. The second-order valence-corrected chi connectivity index (χ2v) is 6.32. The van der Waals surface area contributed by atoms with Crippen molar-refractivity contribution in [3.05, 3.63) is 59.8 Å². The first-order chi connectivity index (χ1) is 11.8.